The normalized spacial score (nSPS) is 9.93. The molecular weight excluding hydrogens is 208 g/mol. The maximum atomic E-state index is 11.7. The molecule has 0 amide bonds. The van der Waals surface area contributed by atoms with Crippen LogP contribution in [0.1, 0.15) is 17.5 Å². The predicted molar refractivity (Wildman–Crippen MR) is 63.2 cm³/mol. The Kier molecular flexibility index (Phi) is 4.44. The van der Waals surface area contributed by atoms with E-state index in [4.69, 9.17) is 5.26 Å². The molecule has 1 heterocycles. The summed E-state index contributed by atoms with van der Waals surface area (Å²) in [7, 11) is 0. The lowest BCUT2D eigenvalue weighted by atomic mass is 10.2. The maximum absolute atomic E-state index is 11.7. The number of rotatable bonds is 4. The van der Waals surface area contributed by atoms with Crippen molar-refractivity contribution >= 4 is 11.8 Å². The molecule has 0 saturated carbocycles. The van der Waals surface area contributed by atoms with Crippen LogP contribution >= 0.6 is 11.8 Å². The molecule has 0 aromatic carbocycles. The van der Waals surface area contributed by atoms with Crippen molar-refractivity contribution in [1.82, 2.24) is 4.57 Å². The largest absolute Gasteiger partial charge is 0.314 e. The fraction of sp³-hybridized carbons (Fsp3) is 0.455. The second-order valence-electron chi connectivity index (χ2n) is 3.33. The van der Waals surface area contributed by atoms with Crippen LogP contribution in [0.4, 0.5) is 0 Å². The van der Waals surface area contributed by atoms with Crippen molar-refractivity contribution in [3.63, 3.8) is 0 Å². The van der Waals surface area contributed by atoms with Gasteiger partial charge in [0.15, 0.2) is 0 Å². The summed E-state index contributed by atoms with van der Waals surface area (Å²) < 4.78 is 1.61. The van der Waals surface area contributed by atoms with Gasteiger partial charge in [0.25, 0.3) is 5.56 Å². The number of aromatic nitrogens is 1. The molecular formula is C11H14N2OS. The Balaban J connectivity index is 2.92. The van der Waals surface area contributed by atoms with Gasteiger partial charge in [-0.2, -0.15) is 17.0 Å². The van der Waals surface area contributed by atoms with Crippen LogP contribution in [0.15, 0.2) is 17.1 Å². The predicted octanol–water partition coefficient (Wildman–Crippen LogP) is 1.78. The van der Waals surface area contributed by atoms with Crippen LogP contribution in [0.5, 0.6) is 0 Å². The topological polar surface area (TPSA) is 45.8 Å². The number of hydrogen-bond donors (Lipinski definition) is 0. The van der Waals surface area contributed by atoms with Gasteiger partial charge in [-0.15, -0.1) is 0 Å². The molecule has 3 nitrogen and oxygen atoms in total. The van der Waals surface area contributed by atoms with E-state index >= 15 is 0 Å². The molecule has 0 fully saturated rings. The molecule has 0 aliphatic carbocycles. The lowest BCUT2D eigenvalue weighted by Gasteiger charge is -2.06. The van der Waals surface area contributed by atoms with E-state index in [9.17, 15) is 4.79 Å². The van der Waals surface area contributed by atoms with E-state index < -0.39 is 0 Å². The fourth-order valence-corrected chi connectivity index (χ4v) is 1.77. The molecule has 4 heteroatoms. The third-order valence-electron chi connectivity index (χ3n) is 2.23. The van der Waals surface area contributed by atoms with Gasteiger partial charge in [-0.05, 0) is 37.0 Å². The molecule has 1 aromatic heterocycles. The van der Waals surface area contributed by atoms with Crippen molar-refractivity contribution in [1.29, 1.82) is 5.26 Å². The standard InChI is InChI=1S/C11H14N2OS/c1-9-4-6-13(5-3-7-15-2)11(14)10(9)8-12/h4,6H,3,5,7H2,1-2H3. The molecule has 0 saturated heterocycles. The van der Waals surface area contributed by atoms with Crippen molar-refractivity contribution in [3.05, 3.63) is 33.7 Å². The van der Waals surface area contributed by atoms with Crippen molar-refractivity contribution in [2.45, 2.75) is 19.9 Å². The second kappa shape index (κ2) is 5.62. The van der Waals surface area contributed by atoms with Gasteiger partial charge in [-0.25, -0.2) is 0 Å². The van der Waals surface area contributed by atoms with Crippen LogP contribution in [-0.4, -0.2) is 16.6 Å². The lowest BCUT2D eigenvalue weighted by Crippen LogP contribution is -2.23. The average molecular weight is 222 g/mol. The van der Waals surface area contributed by atoms with E-state index in [0.717, 1.165) is 17.7 Å². The fourth-order valence-electron chi connectivity index (χ4n) is 1.36. The zero-order chi connectivity index (χ0) is 11.3. The van der Waals surface area contributed by atoms with E-state index in [0.29, 0.717) is 6.54 Å². The highest BCUT2D eigenvalue weighted by atomic mass is 32.2. The van der Waals surface area contributed by atoms with Gasteiger partial charge in [-0.3, -0.25) is 4.79 Å². The SMILES string of the molecule is CSCCCn1ccc(C)c(C#N)c1=O. The Morgan fingerprint density at radius 1 is 1.60 bits per heavy atom. The van der Waals surface area contributed by atoms with Gasteiger partial charge >= 0.3 is 0 Å². The number of nitrogens with zero attached hydrogens (tertiary/aromatic N) is 2. The van der Waals surface area contributed by atoms with E-state index in [-0.39, 0.29) is 11.1 Å². The second-order valence-corrected chi connectivity index (χ2v) is 4.32. The quantitative estimate of drug-likeness (QED) is 0.729. The molecule has 0 spiro atoms. The summed E-state index contributed by atoms with van der Waals surface area (Å²) in [6.07, 6.45) is 4.76. The molecule has 80 valence electrons. The maximum Gasteiger partial charge on any atom is 0.268 e. The van der Waals surface area contributed by atoms with Crippen LogP contribution in [0.2, 0.25) is 0 Å². The molecule has 0 aliphatic rings. The van der Waals surface area contributed by atoms with Crippen LogP contribution < -0.4 is 5.56 Å². The Labute approximate surface area is 93.7 Å². The molecule has 0 aliphatic heterocycles. The Bertz CT molecular complexity index is 431. The summed E-state index contributed by atoms with van der Waals surface area (Å²) >= 11 is 1.76. The van der Waals surface area contributed by atoms with Crippen molar-refractivity contribution < 1.29 is 0 Å². The summed E-state index contributed by atoms with van der Waals surface area (Å²) in [6.45, 7) is 2.47. The molecule has 15 heavy (non-hydrogen) atoms. The third kappa shape index (κ3) is 2.87. The number of thioether (sulfide) groups is 1. The molecule has 0 atom stereocenters. The van der Waals surface area contributed by atoms with Gasteiger partial charge < -0.3 is 4.57 Å². The average Bonchev–Trinajstić information content (AvgIpc) is 2.22. The zero-order valence-corrected chi connectivity index (χ0v) is 9.80. The Morgan fingerprint density at radius 2 is 2.33 bits per heavy atom. The van der Waals surface area contributed by atoms with Crippen molar-refractivity contribution in [2.75, 3.05) is 12.0 Å². The summed E-state index contributed by atoms with van der Waals surface area (Å²) in [6, 6.07) is 3.77. The number of pyridine rings is 1. The molecule has 0 N–H and O–H groups in total. The lowest BCUT2D eigenvalue weighted by molar-refractivity contribution is 0.656. The Hall–Kier alpha value is -1.21. The van der Waals surface area contributed by atoms with E-state index in [1.54, 1.807) is 29.4 Å². The van der Waals surface area contributed by atoms with Gasteiger partial charge in [0.2, 0.25) is 0 Å². The first-order valence-corrected chi connectivity index (χ1v) is 6.19. The minimum atomic E-state index is -0.168. The van der Waals surface area contributed by atoms with Crippen LogP contribution in [0.3, 0.4) is 0 Å². The first-order chi connectivity index (χ1) is 7.20. The molecule has 0 unspecified atom stereocenters. The van der Waals surface area contributed by atoms with Crippen LogP contribution in [0.25, 0.3) is 0 Å². The highest BCUT2D eigenvalue weighted by Gasteiger charge is 2.05. The number of nitriles is 1. The first kappa shape index (κ1) is 11.9. The number of hydrogen-bond acceptors (Lipinski definition) is 3. The van der Waals surface area contributed by atoms with Crippen LogP contribution in [0, 0.1) is 18.3 Å². The van der Waals surface area contributed by atoms with Crippen LogP contribution in [-0.2, 0) is 6.54 Å². The summed E-state index contributed by atoms with van der Waals surface area (Å²) in [5.74, 6) is 1.03. The molecule has 0 bridgehead atoms. The Morgan fingerprint density at radius 3 is 2.93 bits per heavy atom. The van der Waals surface area contributed by atoms with Gasteiger partial charge in [-0.1, -0.05) is 0 Å². The highest BCUT2D eigenvalue weighted by molar-refractivity contribution is 7.98. The summed E-state index contributed by atoms with van der Waals surface area (Å²) in [4.78, 5) is 11.7. The van der Waals surface area contributed by atoms with Gasteiger partial charge in [0.05, 0.1) is 0 Å². The van der Waals surface area contributed by atoms with E-state index in [1.807, 2.05) is 18.4 Å². The molecule has 1 aromatic rings. The molecule has 0 radical (unpaired) electrons. The summed E-state index contributed by atoms with van der Waals surface area (Å²) in [5.41, 5.74) is 0.851. The zero-order valence-electron chi connectivity index (χ0n) is 8.99. The monoisotopic (exact) mass is 222 g/mol. The number of aryl methyl sites for hydroxylation is 2. The van der Waals surface area contributed by atoms with E-state index in [2.05, 4.69) is 0 Å². The minimum absolute atomic E-state index is 0.168. The molecule has 1 rings (SSSR count). The highest BCUT2D eigenvalue weighted by Crippen LogP contribution is 2.02. The third-order valence-corrected chi connectivity index (χ3v) is 2.93. The van der Waals surface area contributed by atoms with Gasteiger partial charge in [0, 0.05) is 12.7 Å². The minimum Gasteiger partial charge on any atom is -0.314 e. The van der Waals surface area contributed by atoms with Crippen molar-refractivity contribution in [2.24, 2.45) is 0 Å². The summed E-state index contributed by atoms with van der Waals surface area (Å²) in [5, 5.41) is 8.83. The van der Waals surface area contributed by atoms with Crippen molar-refractivity contribution in [3.8, 4) is 6.07 Å². The smallest absolute Gasteiger partial charge is 0.268 e. The van der Waals surface area contributed by atoms with Gasteiger partial charge in [0.1, 0.15) is 11.6 Å². The first-order valence-electron chi connectivity index (χ1n) is 4.79. The van der Waals surface area contributed by atoms with E-state index in [1.165, 1.54) is 0 Å².